The van der Waals surface area contributed by atoms with Crippen molar-refractivity contribution in [3.63, 3.8) is 0 Å². The number of halogens is 4. The molecule has 3 rings (SSSR count). The average Bonchev–Trinajstić information content (AvgIpc) is 2.66. The Labute approximate surface area is 160 Å². The number of benzene rings is 2. The van der Waals surface area contributed by atoms with Crippen LogP contribution in [0.25, 0.3) is 0 Å². The highest BCUT2D eigenvalue weighted by atomic mass is 19.4. The van der Waals surface area contributed by atoms with Crippen molar-refractivity contribution in [3.05, 3.63) is 59.9 Å². The molecule has 1 aliphatic rings. The lowest BCUT2D eigenvalue weighted by Crippen LogP contribution is -2.47. The summed E-state index contributed by atoms with van der Waals surface area (Å²) in [6, 6.07) is 11.0. The van der Waals surface area contributed by atoms with Crippen molar-refractivity contribution in [2.75, 3.05) is 42.9 Å². The van der Waals surface area contributed by atoms with Gasteiger partial charge in [0.25, 0.3) is 0 Å². The van der Waals surface area contributed by atoms with Crippen LogP contribution in [-0.2, 0) is 11.0 Å². The highest BCUT2D eigenvalue weighted by Gasteiger charge is 2.31. The Morgan fingerprint density at radius 1 is 1.00 bits per heavy atom. The van der Waals surface area contributed by atoms with E-state index in [0.717, 1.165) is 6.07 Å². The zero-order valence-electron chi connectivity index (χ0n) is 15.2. The largest absolute Gasteiger partial charge is 0.416 e. The Morgan fingerprint density at radius 3 is 2.39 bits per heavy atom. The van der Waals surface area contributed by atoms with Crippen LogP contribution in [-0.4, -0.2) is 43.5 Å². The second-order valence-corrected chi connectivity index (χ2v) is 6.69. The van der Waals surface area contributed by atoms with Crippen molar-refractivity contribution in [1.29, 1.82) is 0 Å². The van der Waals surface area contributed by atoms with Crippen molar-refractivity contribution in [1.82, 2.24) is 4.90 Å². The molecule has 0 spiro atoms. The molecule has 0 unspecified atom stereocenters. The Morgan fingerprint density at radius 2 is 1.71 bits per heavy atom. The Balaban J connectivity index is 1.46. The molecule has 1 saturated heterocycles. The van der Waals surface area contributed by atoms with Gasteiger partial charge in [0, 0.05) is 50.5 Å². The summed E-state index contributed by atoms with van der Waals surface area (Å²) < 4.78 is 51.7. The molecule has 0 aliphatic carbocycles. The van der Waals surface area contributed by atoms with E-state index in [0.29, 0.717) is 44.1 Å². The van der Waals surface area contributed by atoms with E-state index < -0.39 is 17.6 Å². The average molecular weight is 395 g/mol. The van der Waals surface area contributed by atoms with Crippen molar-refractivity contribution in [2.45, 2.75) is 12.6 Å². The molecular formula is C20H21F4N3O. The molecule has 1 aliphatic heterocycles. The number of piperazine rings is 1. The minimum Gasteiger partial charge on any atom is -0.369 e. The molecule has 0 bridgehead atoms. The number of alkyl halides is 3. The standard InChI is InChI=1S/C20H21F4N3O/c21-16-4-2-5-17(14-16)25-19(28)7-8-26-9-11-27(12-10-26)18-6-1-3-15(13-18)20(22,23)24/h1-6,13-14H,7-12H2,(H,25,28). The number of amides is 1. The Kier molecular flexibility index (Phi) is 6.18. The molecule has 1 amide bonds. The van der Waals surface area contributed by atoms with Crippen LogP contribution in [0.15, 0.2) is 48.5 Å². The maximum atomic E-state index is 13.1. The fourth-order valence-electron chi connectivity index (χ4n) is 3.16. The van der Waals surface area contributed by atoms with Crippen LogP contribution >= 0.6 is 0 Å². The maximum absolute atomic E-state index is 13.1. The number of carbonyl (C=O) groups excluding carboxylic acids is 1. The highest BCUT2D eigenvalue weighted by Crippen LogP contribution is 2.31. The molecule has 4 nitrogen and oxygen atoms in total. The molecule has 2 aromatic carbocycles. The van der Waals surface area contributed by atoms with E-state index in [-0.39, 0.29) is 12.3 Å². The van der Waals surface area contributed by atoms with Gasteiger partial charge in [0.05, 0.1) is 5.56 Å². The molecule has 0 atom stereocenters. The minimum absolute atomic E-state index is 0.203. The van der Waals surface area contributed by atoms with E-state index in [2.05, 4.69) is 10.2 Å². The van der Waals surface area contributed by atoms with Gasteiger partial charge in [-0.2, -0.15) is 13.2 Å². The summed E-state index contributed by atoms with van der Waals surface area (Å²) in [4.78, 5) is 16.0. The van der Waals surface area contributed by atoms with Gasteiger partial charge in [0.15, 0.2) is 0 Å². The molecule has 2 aromatic rings. The number of anilines is 2. The molecule has 0 radical (unpaired) electrons. The SMILES string of the molecule is O=C(CCN1CCN(c2cccc(C(F)(F)F)c2)CC1)Nc1cccc(F)c1. The normalized spacial score (nSPS) is 15.5. The fraction of sp³-hybridized carbons (Fsp3) is 0.350. The lowest BCUT2D eigenvalue weighted by Gasteiger charge is -2.36. The van der Waals surface area contributed by atoms with E-state index in [4.69, 9.17) is 0 Å². The molecule has 1 heterocycles. The summed E-state index contributed by atoms with van der Waals surface area (Å²) >= 11 is 0. The van der Waals surface area contributed by atoms with Gasteiger partial charge in [-0.3, -0.25) is 9.69 Å². The molecule has 150 valence electrons. The third kappa shape index (κ3) is 5.45. The third-order valence-corrected chi connectivity index (χ3v) is 4.67. The third-order valence-electron chi connectivity index (χ3n) is 4.67. The van der Waals surface area contributed by atoms with Gasteiger partial charge in [-0.1, -0.05) is 12.1 Å². The van der Waals surface area contributed by atoms with Crippen LogP contribution in [0.3, 0.4) is 0 Å². The van der Waals surface area contributed by atoms with Crippen LogP contribution in [0.1, 0.15) is 12.0 Å². The van der Waals surface area contributed by atoms with Crippen LogP contribution in [0.2, 0.25) is 0 Å². The minimum atomic E-state index is -4.35. The van der Waals surface area contributed by atoms with Gasteiger partial charge in [0.2, 0.25) is 5.91 Å². The molecule has 1 N–H and O–H groups in total. The summed E-state index contributed by atoms with van der Waals surface area (Å²) in [5.74, 6) is -0.616. The quantitative estimate of drug-likeness (QED) is 0.778. The van der Waals surface area contributed by atoms with Gasteiger partial charge in [-0.25, -0.2) is 4.39 Å². The lowest BCUT2D eigenvalue weighted by atomic mass is 10.1. The van der Waals surface area contributed by atoms with Crippen LogP contribution in [0.4, 0.5) is 28.9 Å². The second kappa shape index (κ2) is 8.60. The van der Waals surface area contributed by atoms with Gasteiger partial charge < -0.3 is 10.2 Å². The van der Waals surface area contributed by atoms with Crippen LogP contribution in [0, 0.1) is 5.82 Å². The zero-order chi connectivity index (χ0) is 20.1. The predicted molar refractivity (Wildman–Crippen MR) is 99.7 cm³/mol. The fourth-order valence-corrected chi connectivity index (χ4v) is 3.16. The van der Waals surface area contributed by atoms with Crippen molar-refractivity contribution >= 4 is 17.3 Å². The first kappa shape index (κ1) is 20.1. The van der Waals surface area contributed by atoms with E-state index >= 15 is 0 Å². The highest BCUT2D eigenvalue weighted by molar-refractivity contribution is 5.90. The Bertz CT molecular complexity index is 817. The summed E-state index contributed by atoms with van der Waals surface area (Å²) in [5, 5.41) is 2.65. The van der Waals surface area contributed by atoms with Crippen molar-refractivity contribution in [3.8, 4) is 0 Å². The summed E-state index contributed by atoms with van der Waals surface area (Å²) in [6.45, 7) is 3.03. The van der Waals surface area contributed by atoms with Gasteiger partial charge in [-0.15, -0.1) is 0 Å². The molecule has 1 fully saturated rings. The van der Waals surface area contributed by atoms with E-state index in [1.54, 1.807) is 12.1 Å². The number of hydrogen-bond acceptors (Lipinski definition) is 3. The molecule has 8 heteroatoms. The Hall–Kier alpha value is -2.61. The molecule has 28 heavy (non-hydrogen) atoms. The van der Waals surface area contributed by atoms with Crippen molar-refractivity contribution in [2.24, 2.45) is 0 Å². The molecule has 0 aromatic heterocycles. The first-order valence-corrected chi connectivity index (χ1v) is 9.01. The number of nitrogens with zero attached hydrogens (tertiary/aromatic N) is 2. The summed E-state index contributed by atoms with van der Waals surface area (Å²) in [5.41, 5.74) is 0.319. The topological polar surface area (TPSA) is 35.6 Å². The van der Waals surface area contributed by atoms with Gasteiger partial charge in [-0.05, 0) is 36.4 Å². The van der Waals surface area contributed by atoms with E-state index in [1.807, 2.05) is 4.90 Å². The van der Waals surface area contributed by atoms with Gasteiger partial charge >= 0.3 is 6.18 Å². The second-order valence-electron chi connectivity index (χ2n) is 6.69. The number of rotatable bonds is 5. The smallest absolute Gasteiger partial charge is 0.369 e. The number of carbonyl (C=O) groups is 1. The summed E-state index contributed by atoms with van der Waals surface area (Å²) in [6.07, 6.45) is -4.09. The first-order chi connectivity index (χ1) is 13.3. The number of nitrogens with one attached hydrogen (secondary N) is 1. The van der Waals surface area contributed by atoms with Gasteiger partial charge in [0.1, 0.15) is 5.82 Å². The predicted octanol–water partition coefficient (Wildman–Crippen LogP) is 4.00. The van der Waals surface area contributed by atoms with E-state index in [1.165, 1.54) is 30.3 Å². The molecule has 0 saturated carbocycles. The maximum Gasteiger partial charge on any atom is 0.416 e. The van der Waals surface area contributed by atoms with Crippen molar-refractivity contribution < 1.29 is 22.4 Å². The molecular weight excluding hydrogens is 374 g/mol. The first-order valence-electron chi connectivity index (χ1n) is 9.01. The monoisotopic (exact) mass is 395 g/mol. The van der Waals surface area contributed by atoms with Crippen LogP contribution < -0.4 is 10.2 Å². The summed E-state index contributed by atoms with van der Waals surface area (Å²) in [7, 11) is 0. The zero-order valence-corrected chi connectivity index (χ0v) is 15.2. The van der Waals surface area contributed by atoms with E-state index in [9.17, 15) is 22.4 Å². The lowest BCUT2D eigenvalue weighted by molar-refractivity contribution is -0.137. The number of hydrogen-bond donors (Lipinski definition) is 1. The van der Waals surface area contributed by atoms with Crippen LogP contribution in [0.5, 0.6) is 0 Å².